The van der Waals surface area contributed by atoms with Crippen molar-refractivity contribution in [1.82, 2.24) is 4.67 Å². The molecule has 0 spiro atoms. The van der Waals surface area contributed by atoms with Gasteiger partial charge in [0.2, 0.25) is 6.54 Å². The summed E-state index contributed by atoms with van der Waals surface area (Å²) < 4.78 is 14.1. The second-order valence-electron chi connectivity index (χ2n) is 5.41. The minimum Gasteiger partial charge on any atom is -0.322 e. The third-order valence-electron chi connectivity index (χ3n) is 2.85. The minimum atomic E-state index is -1.05. The van der Waals surface area contributed by atoms with Crippen LogP contribution in [0.5, 0.6) is 0 Å². The van der Waals surface area contributed by atoms with Crippen LogP contribution in [0.3, 0.4) is 0 Å². The van der Waals surface area contributed by atoms with E-state index in [0.717, 1.165) is 13.0 Å². The van der Waals surface area contributed by atoms with Crippen molar-refractivity contribution in [3.63, 3.8) is 0 Å². The Morgan fingerprint density at radius 2 is 1.60 bits per heavy atom. The highest BCUT2D eigenvalue weighted by atomic mass is 31.2. The number of hydrogen-bond acceptors (Lipinski definition) is 3. The average molecular weight is 302 g/mol. The van der Waals surface area contributed by atoms with E-state index in [1.807, 2.05) is 0 Å². The first-order valence-electron chi connectivity index (χ1n) is 7.72. The van der Waals surface area contributed by atoms with Crippen LogP contribution in [-0.4, -0.2) is 36.5 Å². The summed E-state index contributed by atoms with van der Waals surface area (Å²) in [5, 5.41) is 0. The molecule has 0 heterocycles. The zero-order chi connectivity index (χ0) is 15.4. The highest BCUT2D eigenvalue weighted by Gasteiger charge is 2.27. The lowest BCUT2D eigenvalue weighted by atomic mass is 10.2. The van der Waals surface area contributed by atoms with E-state index in [1.54, 1.807) is 0 Å². The van der Waals surface area contributed by atoms with Gasteiger partial charge in [-0.1, -0.05) is 26.2 Å². The number of nitrogens with zero attached hydrogens (tertiary/aromatic N) is 2. The molecule has 0 aromatic heterocycles. The Morgan fingerprint density at radius 3 is 2.10 bits per heavy atom. The lowest BCUT2D eigenvalue weighted by Crippen LogP contribution is -2.33. The van der Waals surface area contributed by atoms with Gasteiger partial charge in [-0.15, -0.1) is 0 Å². The van der Waals surface area contributed by atoms with Gasteiger partial charge in [-0.25, -0.2) is 11.2 Å². The molecule has 0 amide bonds. The molecule has 0 bridgehead atoms. The van der Waals surface area contributed by atoms with Crippen LogP contribution >= 0.6 is 8.53 Å². The lowest BCUT2D eigenvalue weighted by Gasteiger charge is -2.35. The van der Waals surface area contributed by atoms with Crippen LogP contribution in [0.15, 0.2) is 0 Å². The molecule has 1 atom stereocenters. The van der Waals surface area contributed by atoms with Gasteiger partial charge < -0.3 is 13.9 Å². The van der Waals surface area contributed by atoms with Crippen molar-refractivity contribution in [1.29, 1.82) is 0 Å². The van der Waals surface area contributed by atoms with E-state index in [1.165, 1.54) is 19.3 Å². The molecule has 118 valence electrons. The van der Waals surface area contributed by atoms with Gasteiger partial charge in [0.05, 0.1) is 6.61 Å². The van der Waals surface area contributed by atoms with E-state index in [2.05, 4.69) is 44.1 Å². The molecule has 0 aliphatic carbocycles. The van der Waals surface area contributed by atoms with Gasteiger partial charge in [0.1, 0.15) is 6.61 Å². The van der Waals surface area contributed by atoms with Crippen molar-refractivity contribution >= 4 is 8.53 Å². The second kappa shape index (κ2) is 12.5. The quantitative estimate of drug-likeness (QED) is 0.292. The van der Waals surface area contributed by atoms with Gasteiger partial charge in [-0.05, 0) is 34.1 Å². The summed E-state index contributed by atoms with van der Waals surface area (Å²) in [5.74, 6) is 0. The van der Waals surface area contributed by atoms with Gasteiger partial charge >= 0.3 is 0 Å². The molecule has 20 heavy (non-hydrogen) atoms. The molecular formula is C15H31N2O2P. The summed E-state index contributed by atoms with van der Waals surface area (Å²) in [6.45, 7) is 19.3. The molecule has 0 saturated heterocycles. The highest BCUT2D eigenvalue weighted by Crippen LogP contribution is 2.45. The topological polar surface area (TPSA) is 26.1 Å². The molecule has 0 radical (unpaired) electrons. The molecule has 4 nitrogen and oxygen atoms in total. The molecule has 0 rings (SSSR count). The molecule has 1 unspecified atom stereocenters. The standard InChI is InChI=1S/C15H31N2O2P/c1-7-8-9-10-12-18-20(19-13-11-16-6)17(14(2)3)15(4)5/h14-15H,7-13H2,1-5H3. The van der Waals surface area contributed by atoms with E-state index in [9.17, 15) is 0 Å². The summed E-state index contributed by atoms with van der Waals surface area (Å²) in [4.78, 5) is 3.34. The summed E-state index contributed by atoms with van der Waals surface area (Å²) in [6, 6.07) is 0.759. The zero-order valence-electron chi connectivity index (χ0n) is 13.8. The van der Waals surface area contributed by atoms with E-state index < -0.39 is 8.53 Å². The molecule has 0 aromatic carbocycles. The maximum atomic E-state index is 6.84. The first-order chi connectivity index (χ1) is 9.54. The smallest absolute Gasteiger partial charge is 0.259 e. The van der Waals surface area contributed by atoms with Crippen LogP contribution < -0.4 is 0 Å². The largest absolute Gasteiger partial charge is 0.322 e. The van der Waals surface area contributed by atoms with Crippen molar-refractivity contribution in [3.05, 3.63) is 11.4 Å². The molecule has 0 fully saturated rings. The SMILES string of the molecule is [C-]#[N+]CCOP(OCCCCCC)N(C(C)C)C(C)C. The van der Waals surface area contributed by atoms with E-state index in [-0.39, 0.29) is 0 Å². The first kappa shape index (κ1) is 19.8. The maximum Gasteiger partial charge on any atom is 0.259 e. The number of hydrogen-bond donors (Lipinski definition) is 0. The third-order valence-corrected chi connectivity index (χ3v) is 4.96. The normalized spacial score (nSPS) is 13.2. The number of rotatable bonds is 12. The van der Waals surface area contributed by atoms with Crippen LogP contribution in [0.1, 0.15) is 60.3 Å². The van der Waals surface area contributed by atoms with Crippen molar-refractivity contribution in [2.24, 2.45) is 0 Å². The zero-order valence-corrected chi connectivity index (χ0v) is 14.7. The van der Waals surface area contributed by atoms with Crippen molar-refractivity contribution in [2.75, 3.05) is 19.8 Å². The maximum absolute atomic E-state index is 6.84. The Kier molecular flexibility index (Phi) is 12.4. The van der Waals surface area contributed by atoms with Crippen molar-refractivity contribution in [3.8, 4) is 0 Å². The fraction of sp³-hybridized carbons (Fsp3) is 0.933. The van der Waals surface area contributed by atoms with E-state index in [4.69, 9.17) is 15.6 Å². The van der Waals surface area contributed by atoms with Crippen molar-refractivity contribution in [2.45, 2.75) is 72.4 Å². The molecule has 0 saturated carbocycles. The molecule has 0 aliphatic heterocycles. The molecule has 0 aliphatic rings. The second-order valence-corrected chi connectivity index (χ2v) is 6.87. The van der Waals surface area contributed by atoms with Gasteiger partial charge in [0.15, 0.2) is 0 Å². The molecule has 5 heteroatoms. The van der Waals surface area contributed by atoms with Crippen LogP contribution in [0.2, 0.25) is 0 Å². The van der Waals surface area contributed by atoms with Crippen LogP contribution in [-0.2, 0) is 9.05 Å². The Labute approximate surface area is 126 Å². The van der Waals surface area contributed by atoms with Crippen LogP contribution in [0.25, 0.3) is 4.85 Å². The Morgan fingerprint density at radius 1 is 1.00 bits per heavy atom. The summed E-state index contributed by atoms with van der Waals surface area (Å²) in [5.41, 5.74) is 0. The fourth-order valence-electron chi connectivity index (χ4n) is 1.98. The monoisotopic (exact) mass is 302 g/mol. The summed E-state index contributed by atoms with van der Waals surface area (Å²) in [6.07, 6.45) is 4.80. The molecule has 0 N–H and O–H groups in total. The molecular weight excluding hydrogens is 271 g/mol. The van der Waals surface area contributed by atoms with Gasteiger partial charge in [0.25, 0.3) is 8.53 Å². The minimum absolute atomic E-state index is 0.379. The highest BCUT2D eigenvalue weighted by molar-refractivity contribution is 7.44. The first-order valence-corrected chi connectivity index (χ1v) is 8.85. The van der Waals surface area contributed by atoms with Crippen molar-refractivity contribution < 1.29 is 9.05 Å². The van der Waals surface area contributed by atoms with Gasteiger partial charge in [0, 0.05) is 12.1 Å². The predicted octanol–water partition coefficient (Wildman–Crippen LogP) is 4.86. The third kappa shape index (κ3) is 8.87. The lowest BCUT2D eigenvalue weighted by molar-refractivity contribution is 0.176. The Bertz CT molecular complexity index is 259. The Hall–Kier alpha value is -0.200. The van der Waals surface area contributed by atoms with E-state index in [0.29, 0.717) is 25.2 Å². The van der Waals surface area contributed by atoms with Gasteiger partial charge in [-0.3, -0.25) is 0 Å². The van der Waals surface area contributed by atoms with Gasteiger partial charge in [-0.2, -0.15) is 0 Å². The fourth-order valence-corrected chi connectivity index (χ4v) is 3.60. The Balaban J connectivity index is 4.34. The van der Waals surface area contributed by atoms with E-state index >= 15 is 0 Å². The predicted molar refractivity (Wildman–Crippen MR) is 86.5 cm³/mol. The van der Waals surface area contributed by atoms with Crippen LogP contribution in [0.4, 0.5) is 0 Å². The number of unbranched alkanes of at least 4 members (excludes halogenated alkanes) is 3. The summed E-state index contributed by atoms with van der Waals surface area (Å²) in [7, 11) is -1.05. The summed E-state index contributed by atoms with van der Waals surface area (Å²) >= 11 is 0. The molecule has 0 aromatic rings. The van der Waals surface area contributed by atoms with Crippen LogP contribution in [0, 0.1) is 6.57 Å². The average Bonchev–Trinajstić information content (AvgIpc) is 2.37.